The van der Waals surface area contributed by atoms with E-state index in [0.717, 1.165) is 18.1 Å². The molecule has 1 aromatic carbocycles. The molecule has 0 saturated heterocycles. The van der Waals surface area contributed by atoms with Crippen molar-refractivity contribution < 1.29 is 0 Å². The van der Waals surface area contributed by atoms with E-state index >= 15 is 0 Å². The van der Waals surface area contributed by atoms with E-state index < -0.39 is 0 Å². The molecule has 0 aliphatic carbocycles. The molecule has 2 nitrogen and oxygen atoms in total. The van der Waals surface area contributed by atoms with Gasteiger partial charge in [0.25, 0.3) is 0 Å². The second-order valence-corrected chi connectivity index (χ2v) is 4.21. The molecule has 0 radical (unpaired) electrons. The third kappa shape index (κ3) is 1.82. The molecule has 0 fully saturated rings. The maximum absolute atomic E-state index is 4.59. The number of pyridine rings is 1. The van der Waals surface area contributed by atoms with Crippen LogP contribution in [0.3, 0.4) is 0 Å². The van der Waals surface area contributed by atoms with Gasteiger partial charge in [-0.1, -0.05) is 36.4 Å². The Morgan fingerprint density at radius 3 is 2.82 bits per heavy atom. The Kier molecular flexibility index (Phi) is 2.41. The van der Waals surface area contributed by atoms with E-state index in [-0.39, 0.29) is 0 Å². The first kappa shape index (κ1) is 10.1. The van der Waals surface area contributed by atoms with Gasteiger partial charge in [-0.15, -0.1) is 0 Å². The van der Waals surface area contributed by atoms with Gasteiger partial charge in [-0.2, -0.15) is 0 Å². The SMILES string of the molecule is Cc1cccc(N2CC=Cc3ccccc32)n1. The number of benzene rings is 1. The highest BCUT2D eigenvalue weighted by Gasteiger charge is 2.14. The van der Waals surface area contributed by atoms with Crippen LogP contribution in [0.4, 0.5) is 11.5 Å². The van der Waals surface area contributed by atoms with Gasteiger partial charge in [-0.25, -0.2) is 4.98 Å². The summed E-state index contributed by atoms with van der Waals surface area (Å²) in [5.74, 6) is 1.02. The van der Waals surface area contributed by atoms with Crippen LogP contribution in [0.25, 0.3) is 6.08 Å². The van der Waals surface area contributed by atoms with Gasteiger partial charge in [0.2, 0.25) is 0 Å². The number of fused-ring (bicyclic) bond motifs is 1. The molecule has 17 heavy (non-hydrogen) atoms. The number of hydrogen-bond donors (Lipinski definition) is 0. The quantitative estimate of drug-likeness (QED) is 0.733. The Hall–Kier alpha value is -2.09. The Morgan fingerprint density at radius 1 is 1.06 bits per heavy atom. The molecule has 2 aromatic rings. The molecule has 2 heterocycles. The molecule has 0 N–H and O–H groups in total. The monoisotopic (exact) mass is 222 g/mol. The molecular formula is C15H14N2. The average Bonchev–Trinajstić information content (AvgIpc) is 2.38. The third-order valence-corrected chi connectivity index (χ3v) is 2.96. The van der Waals surface area contributed by atoms with E-state index in [1.165, 1.54) is 11.3 Å². The zero-order chi connectivity index (χ0) is 11.7. The molecule has 0 unspecified atom stereocenters. The minimum absolute atomic E-state index is 0.882. The highest BCUT2D eigenvalue weighted by molar-refractivity contribution is 5.76. The van der Waals surface area contributed by atoms with E-state index in [1.54, 1.807) is 0 Å². The van der Waals surface area contributed by atoms with Crippen LogP contribution in [0, 0.1) is 6.92 Å². The van der Waals surface area contributed by atoms with Crippen molar-refractivity contribution in [3.8, 4) is 0 Å². The first-order chi connectivity index (χ1) is 8.34. The fourth-order valence-electron chi connectivity index (χ4n) is 2.15. The van der Waals surface area contributed by atoms with Crippen molar-refractivity contribution in [3.05, 3.63) is 59.8 Å². The fraction of sp³-hybridized carbons (Fsp3) is 0.133. The van der Waals surface area contributed by atoms with Gasteiger partial charge >= 0.3 is 0 Å². The minimum Gasteiger partial charge on any atom is -0.322 e. The number of nitrogens with zero attached hydrogens (tertiary/aromatic N) is 2. The molecule has 3 rings (SSSR count). The van der Waals surface area contributed by atoms with Gasteiger partial charge in [0.05, 0.1) is 0 Å². The van der Waals surface area contributed by atoms with Crippen molar-refractivity contribution in [2.45, 2.75) is 6.92 Å². The lowest BCUT2D eigenvalue weighted by atomic mass is 10.1. The summed E-state index contributed by atoms with van der Waals surface area (Å²) in [6, 6.07) is 14.5. The summed E-state index contributed by atoms with van der Waals surface area (Å²) in [7, 11) is 0. The maximum atomic E-state index is 4.59. The van der Waals surface area contributed by atoms with Crippen molar-refractivity contribution in [1.82, 2.24) is 4.98 Å². The molecule has 1 aliphatic heterocycles. The molecular weight excluding hydrogens is 208 g/mol. The number of hydrogen-bond acceptors (Lipinski definition) is 2. The Balaban J connectivity index is 2.09. The number of aromatic nitrogens is 1. The van der Waals surface area contributed by atoms with Crippen molar-refractivity contribution in [2.75, 3.05) is 11.4 Å². The van der Waals surface area contributed by atoms with Crippen LogP contribution in [0.5, 0.6) is 0 Å². The van der Waals surface area contributed by atoms with Crippen LogP contribution in [-0.2, 0) is 0 Å². The van der Waals surface area contributed by atoms with Crippen molar-refractivity contribution in [1.29, 1.82) is 0 Å². The number of aryl methyl sites for hydroxylation is 1. The summed E-state index contributed by atoms with van der Waals surface area (Å²) >= 11 is 0. The second-order valence-electron chi connectivity index (χ2n) is 4.21. The lowest BCUT2D eigenvalue weighted by Crippen LogP contribution is -2.21. The Bertz CT molecular complexity index is 573. The Labute approximate surface area is 101 Å². The van der Waals surface area contributed by atoms with Gasteiger partial charge in [-0.05, 0) is 30.7 Å². The number of rotatable bonds is 1. The first-order valence-electron chi connectivity index (χ1n) is 5.81. The summed E-state index contributed by atoms with van der Waals surface area (Å²) < 4.78 is 0. The highest BCUT2D eigenvalue weighted by Crippen LogP contribution is 2.30. The maximum Gasteiger partial charge on any atom is 0.133 e. The normalized spacial score (nSPS) is 13.6. The highest BCUT2D eigenvalue weighted by atomic mass is 15.2. The van der Waals surface area contributed by atoms with Crippen LogP contribution >= 0.6 is 0 Å². The zero-order valence-corrected chi connectivity index (χ0v) is 9.80. The van der Waals surface area contributed by atoms with Gasteiger partial charge in [0.15, 0.2) is 0 Å². The molecule has 0 bridgehead atoms. The summed E-state index contributed by atoms with van der Waals surface area (Å²) in [5, 5.41) is 0. The lowest BCUT2D eigenvalue weighted by Gasteiger charge is -2.27. The molecule has 84 valence electrons. The number of para-hydroxylation sites is 1. The first-order valence-corrected chi connectivity index (χ1v) is 5.81. The van der Waals surface area contributed by atoms with E-state index in [0.29, 0.717) is 0 Å². The van der Waals surface area contributed by atoms with Crippen molar-refractivity contribution in [3.63, 3.8) is 0 Å². The standard InChI is InChI=1S/C15H14N2/c1-12-6-4-10-15(16-12)17-11-5-8-13-7-2-3-9-14(13)17/h2-10H,11H2,1H3. The average molecular weight is 222 g/mol. The number of anilines is 2. The van der Waals surface area contributed by atoms with Gasteiger partial charge in [0, 0.05) is 17.9 Å². The van der Waals surface area contributed by atoms with Crippen molar-refractivity contribution >= 4 is 17.6 Å². The molecule has 0 amide bonds. The molecule has 0 spiro atoms. The summed E-state index contributed by atoms with van der Waals surface area (Å²) in [4.78, 5) is 6.83. The Morgan fingerprint density at radius 2 is 1.94 bits per heavy atom. The molecule has 1 aromatic heterocycles. The lowest BCUT2D eigenvalue weighted by molar-refractivity contribution is 1.02. The van der Waals surface area contributed by atoms with Gasteiger partial charge < -0.3 is 4.90 Å². The largest absolute Gasteiger partial charge is 0.322 e. The van der Waals surface area contributed by atoms with E-state index in [2.05, 4.69) is 58.4 Å². The summed E-state index contributed by atoms with van der Waals surface area (Å²) in [5.41, 5.74) is 3.53. The van der Waals surface area contributed by atoms with Crippen LogP contribution in [0.15, 0.2) is 48.5 Å². The molecule has 2 heteroatoms. The van der Waals surface area contributed by atoms with Crippen LogP contribution in [0.2, 0.25) is 0 Å². The van der Waals surface area contributed by atoms with E-state index in [4.69, 9.17) is 0 Å². The van der Waals surface area contributed by atoms with Crippen LogP contribution in [-0.4, -0.2) is 11.5 Å². The van der Waals surface area contributed by atoms with Crippen molar-refractivity contribution in [2.24, 2.45) is 0 Å². The second kappa shape index (κ2) is 4.06. The van der Waals surface area contributed by atoms with E-state index in [1.807, 2.05) is 13.0 Å². The zero-order valence-electron chi connectivity index (χ0n) is 9.80. The third-order valence-electron chi connectivity index (χ3n) is 2.96. The smallest absolute Gasteiger partial charge is 0.133 e. The predicted octanol–water partition coefficient (Wildman–Crippen LogP) is 3.55. The molecule has 0 atom stereocenters. The van der Waals surface area contributed by atoms with Gasteiger partial charge in [0.1, 0.15) is 5.82 Å². The molecule has 1 aliphatic rings. The summed E-state index contributed by atoms with van der Waals surface area (Å²) in [6.07, 6.45) is 4.34. The summed E-state index contributed by atoms with van der Waals surface area (Å²) in [6.45, 7) is 2.91. The minimum atomic E-state index is 0.882. The topological polar surface area (TPSA) is 16.1 Å². The molecule has 0 saturated carbocycles. The van der Waals surface area contributed by atoms with Crippen LogP contribution < -0.4 is 4.90 Å². The van der Waals surface area contributed by atoms with Crippen LogP contribution in [0.1, 0.15) is 11.3 Å². The van der Waals surface area contributed by atoms with E-state index in [9.17, 15) is 0 Å². The van der Waals surface area contributed by atoms with Gasteiger partial charge in [-0.3, -0.25) is 0 Å². The fourth-order valence-corrected chi connectivity index (χ4v) is 2.15. The predicted molar refractivity (Wildman–Crippen MR) is 71.5 cm³/mol.